The fourth-order valence-corrected chi connectivity index (χ4v) is 3.70. The van der Waals surface area contributed by atoms with E-state index >= 15 is 0 Å². The summed E-state index contributed by atoms with van der Waals surface area (Å²) in [4.78, 5) is 38.4. The van der Waals surface area contributed by atoms with E-state index in [9.17, 15) is 19.5 Å². The number of esters is 2. The van der Waals surface area contributed by atoms with E-state index in [0.717, 1.165) is 0 Å². The van der Waals surface area contributed by atoms with E-state index in [0.29, 0.717) is 11.3 Å². The Morgan fingerprint density at radius 1 is 1.14 bits per heavy atom. The maximum Gasteiger partial charge on any atom is 0.317 e. The molecule has 0 amide bonds. The zero-order valence-electron chi connectivity index (χ0n) is 16.6. The first kappa shape index (κ1) is 22.4. The Morgan fingerprint density at radius 2 is 1.69 bits per heavy atom. The maximum absolute atomic E-state index is 12.8. The first-order valence-electron chi connectivity index (χ1n) is 9.21. The lowest BCUT2D eigenvalue weighted by molar-refractivity contribution is -0.171. The normalized spacial score (nSPS) is 26.3. The number of hydrogen-bond acceptors (Lipinski definition) is 7. The van der Waals surface area contributed by atoms with Gasteiger partial charge in [-0.1, -0.05) is 37.4 Å². The summed E-state index contributed by atoms with van der Waals surface area (Å²) in [5, 5.41) is 10.9. The Hall–Kier alpha value is -2.93. The SMILES string of the molecule is C=CCOC(=O)[C@@H]1C(=O)C[C@](C)(O)[C@@H](C(=O)OCC=C)[C@H]1c1ccc(OC)cc1. The van der Waals surface area contributed by atoms with Crippen molar-refractivity contribution in [2.75, 3.05) is 20.3 Å². The first-order valence-corrected chi connectivity index (χ1v) is 9.21. The third-order valence-electron chi connectivity index (χ3n) is 4.96. The van der Waals surface area contributed by atoms with Crippen LogP contribution in [0.2, 0.25) is 0 Å². The summed E-state index contributed by atoms with van der Waals surface area (Å²) < 4.78 is 15.5. The molecule has 0 bridgehead atoms. The molecule has 0 aliphatic heterocycles. The van der Waals surface area contributed by atoms with Gasteiger partial charge in [-0.15, -0.1) is 0 Å². The highest BCUT2D eigenvalue weighted by Crippen LogP contribution is 2.47. The lowest BCUT2D eigenvalue weighted by atomic mass is 9.61. The molecule has 4 atom stereocenters. The third kappa shape index (κ3) is 4.92. The van der Waals surface area contributed by atoms with Crippen molar-refractivity contribution in [2.24, 2.45) is 11.8 Å². The van der Waals surface area contributed by atoms with Gasteiger partial charge in [0.1, 0.15) is 24.9 Å². The van der Waals surface area contributed by atoms with Gasteiger partial charge in [0, 0.05) is 12.3 Å². The lowest BCUT2D eigenvalue weighted by Crippen LogP contribution is -2.55. The maximum atomic E-state index is 12.8. The van der Waals surface area contributed by atoms with E-state index in [1.807, 2.05) is 0 Å². The molecule has 0 aromatic heterocycles. The molecular weight excluding hydrogens is 376 g/mol. The largest absolute Gasteiger partial charge is 0.497 e. The van der Waals surface area contributed by atoms with Crippen molar-refractivity contribution in [3.05, 3.63) is 55.1 Å². The highest BCUT2D eigenvalue weighted by Gasteiger charge is 2.57. The van der Waals surface area contributed by atoms with Gasteiger partial charge in [0.05, 0.1) is 18.6 Å². The van der Waals surface area contributed by atoms with Crippen molar-refractivity contribution < 1.29 is 33.7 Å². The van der Waals surface area contributed by atoms with Gasteiger partial charge in [0.25, 0.3) is 0 Å². The average molecular weight is 402 g/mol. The van der Waals surface area contributed by atoms with Crippen LogP contribution in [-0.4, -0.2) is 48.8 Å². The van der Waals surface area contributed by atoms with Crippen molar-refractivity contribution in [3.8, 4) is 5.75 Å². The molecule has 0 unspecified atom stereocenters. The van der Waals surface area contributed by atoms with E-state index in [4.69, 9.17) is 14.2 Å². The van der Waals surface area contributed by atoms with Crippen molar-refractivity contribution in [1.29, 1.82) is 0 Å². The molecule has 2 rings (SSSR count). The topological polar surface area (TPSA) is 99.1 Å². The van der Waals surface area contributed by atoms with Gasteiger partial charge in [-0.3, -0.25) is 14.4 Å². The summed E-state index contributed by atoms with van der Waals surface area (Å²) in [6.45, 7) is 8.27. The Labute approximate surface area is 170 Å². The zero-order valence-corrected chi connectivity index (χ0v) is 16.6. The van der Waals surface area contributed by atoms with Crippen molar-refractivity contribution in [3.63, 3.8) is 0 Å². The molecule has 1 N–H and O–H groups in total. The summed E-state index contributed by atoms with van der Waals surface area (Å²) in [5.74, 6) is -4.80. The molecule has 0 spiro atoms. The Kier molecular flexibility index (Phi) is 7.34. The fraction of sp³-hybridized carbons (Fsp3) is 0.409. The van der Waals surface area contributed by atoms with Gasteiger partial charge in [-0.2, -0.15) is 0 Å². The van der Waals surface area contributed by atoms with Crippen LogP contribution in [0.3, 0.4) is 0 Å². The summed E-state index contributed by atoms with van der Waals surface area (Å²) in [6.07, 6.45) is 2.42. The molecule has 0 radical (unpaired) electrons. The number of hydrogen-bond donors (Lipinski definition) is 1. The van der Waals surface area contributed by atoms with Crippen molar-refractivity contribution in [2.45, 2.75) is 24.9 Å². The van der Waals surface area contributed by atoms with Crippen LogP contribution in [0.1, 0.15) is 24.8 Å². The quantitative estimate of drug-likeness (QED) is 0.404. The second-order valence-corrected chi connectivity index (χ2v) is 7.09. The zero-order chi connectivity index (χ0) is 21.6. The van der Waals surface area contributed by atoms with Gasteiger partial charge in [0.2, 0.25) is 0 Å². The van der Waals surface area contributed by atoms with Crippen molar-refractivity contribution in [1.82, 2.24) is 0 Å². The molecule has 1 aliphatic carbocycles. The number of Topliss-reactive ketones (excluding diaryl/α,β-unsaturated/α-hetero) is 1. The van der Waals surface area contributed by atoms with Crippen LogP contribution in [0.25, 0.3) is 0 Å². The Bertz CT molecular complexity index is 779. The number of rotatable bonds is 8. The number of ether oxygens (including phenoxy) is 3. The number of methoxy groups -OCH3 is 1. The standard InChI is InChI=1S/C22H26O7/c1-5-11-28-20(24)18-16(23)13-22(3,26)19(21(25)29-12-6-2)17(18)14-7-9-15(27-4)10-8-14/h5-10,17-19,26H,1-2,11-13H2,3-4H3/t17-,18+,19+,22-/m0/s1. The van der Waals surface area contributed by atoms with Crippen LogP contribution in [0.15, 0.2) is 49.6 Å². The molecule has 156 valence electrons. The van der Waals surface area contributed by atoms with Crippen LogP contribution in [0.5, 0.6) is 5.75 Å². The molecule has 1 fully saturated rings. The smallest absolute Gasteiger partial charge is 0.317 e. The summed E-state index contributed by atoms with van der Waals surface area (Å²) in [6, 6.07) is 6.61. The van der Waals surface area contributed by atoms with E-state index in [1.165, 1.54) is 26.2 Å². The van der Waals surface area contributed by atoms with Gasteiger partial charge in [-0.05, 0) is 24.6 Å². The Morgan fingerprint density at radius 3 is 2.21 bits per heavy atom. The molecule has 1 aromatic rings. The predicted molar refractivity (Wildman–Crippen MR) is 105 cm³/mol. The van der Waals surface area contributed by atoms with Crippen LogP contribution in [0, 0.1) is 11.8 Å². The Balaban J connectivity index is 2.56. The predicted octanol–water partition coefficient (Wildman–Crippen LogP) is 2.19. The third-order valence-corrected chi connectivity index (χ3v) is 4.96. The molecule has 1 saturated carbocycles. The van der Waals surface area contributed by atoms with E-state index in [1.54, 1.807) is 24.3 Å². The highest BCUT2D eigenvalue weighted by molar-refractivity contribution is 6.02. The molecule has 1 aliphatic rings. The average Bonchev–Trinajstić information content (AvgIpc) is 2.69. The summed E-state index contributed by atoms with van der Waals surface area (Å²) in [5.41, 5.74) is -1.19. The number of carbonyl (C=O) groups is 3. The molecular formula is C22H26O7. The monoisotopic (exact) mass is 402 g/mol. The van der Waals surface area contributed by atoms with Gasteiger partial charge >= 0.3 is 11.9 Å². The van der Waals surface area contributed by atoms with E-state index < -0.39 is 41.1 Å². The molecule has 7 heteroatoms. The van der Waals surface area contributed by atoms with E-state index in [2.05, 4.69) is 13.2 Å². The summed E-state index contributed by atoms with van der Waals surface area (Å²) >= 11 is 0. The van der Waals surface area contributed by atoms with Gasteiger partial charge in [0.15, 0.2) is 5.78 Å². The highest BCUT2D eigenvalue weighted by atomic mass is 16.5. The second-order valence-electron chi connectivity index (χ2n) is 7.09. The molecule has 0 saturated heterocycles. The van der Waals surface area contributed by atoms with Crippen molar-refractivity contribution >= 4 is 17.7 Å². The number of benzene rings is 1. The lowest BCUT2D eigenvalue weighted by Gasteiger charge is -2.43. The molecule has 7 nitrogen and oxygen atoms in total. The molecule has 0 heterocycles. The first-order chi connectivity index (χ1) is 13.8. The minimum absolute atomic E-state index is 0.0553. The molecule has 29 heavy (non-hydrogen) atoms. The number of ketones is 1. The van der Waals surface area contributed by atoms with Gasteiger partial charge in [-0.25, -0.2) is 0 Å². The number of carbonyl (C=O) groups excluding carboxylic acids is 3. The van der Waals surface area contributed by atoms with Crippen LogP contribution < -0.4 is 4.74 Å². The second kappa shape index (κ2) is 9.52. The minimum Gasteiger partial charge on any atom is -0.497 e. The fourth-order valence-electron chi connectivity index (χ4n) is 3.70. The number of aliphatic hydroxyl groups is 1. The van der Waals surface area contributed by atoms with Crippen LogP contribution >= 0.6 is 0 Å². The van der Waals surface area contributed by atoms with E-state index in [-0.39, 0.29) is 19.6 Å². The minimum atomic E-state index is -1.70. The van der Waals surface area contributed by atoms with Gasteiger partial charge < -0.3 is 19.3 Å². The molecule has 1 aromatic carbocycles. The van der Waals surface area contributed by atoms with Crippen LogP contribution in [0.4, 0.5) is 0 Å². The van der Waals surface area contributed by atoms with Crippen LogP contribution in [-0.2, 0) is 23.9 Å². The summed E-state index contributed by atoms with van der Waals surface area (Å²) in [7, 11) is 1.51.